The molecule has 0 saturated heterocycles. The topological polar surface area (TPSA) is 43.4 Å². The van der Waals surface area contributed by atoms with Crippen molar-refractivity contribution in [1.29, 1.82) is 0 Å². The first-order chi connectivity index (χ1) is 8.63. The Morgan fingerprint density at radius 2 is 2.11 bits per heavy atom. The molecule has 0 bridgehead atoms. The first kappa shape index (κ1) is 15.4. The summed E-state index contributed by atoms with van der Waals surface area (Å²) in [5.41, 5.74) is 0.974. The number of rotatable bonds is 8. The average Bonchev–Trinajstić information content (AvgIpc) is 2.62. The Bertz CT molecular complexity index is 323. The van der Waals surface area contributed by atoms with Crippen LogP contribution < -0.4 is 0 Å². The first-order valence-corrected chi connectivity index (χ1v) is 7.58. The van der Waals surface area contributed by atoms with Gasteiger partial charge in [-0.25, -0.2) is 0 Å². The van der Waals surface area contributed by atoms with E-state index in [4.69, 9.17) is 4.74 Å². The van der Waals surface area contributed by atoms with Gasteiger partial charge in [-0.3, -0.25) is 9.59 Å². The zero-order valence-corrected chi connectivity index (χ0v) is 12.5. The number of carbonyl (C=O) groups excluding carboxylic acids is 2. The summed E-state index contributed by atoms with van der Waals surface area (Å²) in [6, 6.07) is 0. The molecule has 0 radical (unpaired) electrons. The third-order valence-electron chi connectivity index (χ3n) is 3.00. The van der Waals surface area contributed by atoms with Crippen LogP contribution in [0, 0.1) is 0 Å². The molecule has 0 aromatic heterocycles. The summed E-state index contributed by atoms with van der Waals surface area (Å²) in [6.45, 7) is 2.28. The molecule has 0 spiro atoms. The Hall–Kier alpha value is -0.640. The van der Waals surface area contributed by atoms with Gasteiger partial charge in [0.15, 0.2) is 5.78 Å². The standard InChI is InChI=1S/C14H21BrO3/c1-2-18-14(17)8-6-4-3-5-7-11-9-12(15)10-13(11)16/h9,12H,2-8,10H2,1H3/t12-/m1/s1. The summed E-state index contributed by atoms with van der Waals surface area (Å²) in [7, 11) is 0. The van der Waals surface area contributed by atoms with E-state index in [-0.39, 0.29) is 16.6 Å². The van der Waals surface area contributed by atoms with E-state index in [1.54, 1.807) is 0 Å². The second-order valence-electron chi connectivity index (χ2n) is 4.55. The van der Waals surface area contributed by atoms with E-state index in [0.29, 0.717) is 19.4 Å². The highest BCUT2D eigenvalue weighted by molar-refractivity contribution is 9.09. The minimum Gasteiger partial charge on any atom is -0.466 e. The van der Waals surface area contributed by atoms with Crippen LogP contribution in [-0.4, -0.2) is 23.2 Å². The molecule has 0 aliphatic heterocycles. The molecule has 0 fully saturated rings. The largest absolute Gasteiger partial charge is 0.466 e. The SMILES string of the molecule is CCOC(=O)CCCCCCC1=C[C@@H](Br)CC1=O. The molecule has 3 nitrogen and oxygen atoms in total. The van der Waals surface area contributed by atoms with Gasteiger partial charge in [-0.05, 0) is 31.8 Å². The van der Waals surface area contributed by atoms with Gasteiger partial charge in [0, 0.05) is 17.7 Å². The van der Waals surface area contributed by atoms with Crippen LogP contribution in [0.2, 0.25) is 0 Å². The molecule has 0 heterocycles. The number of unbranched alkanes of at least 4 members (excludes halogenated alkanes) is 3. The van der Waals surface area contributed by atoms with Crippen LogP contribution in [0.4, 0.5) is 0 Å². The number of ether oxygens (including phenoxy) is 1. The molecule has 102 valence electrons. The van der Waals surface area contributed by atoms with E-state index < -0.39 is 0 Å². The van der Waals surface area contributed by atoms with Crippen molar-refractivity contribution in [3.63, 3.8) is 0 Å². The Morgan fingerprint density at radius 1 is 1.39 bits per heavy atom. The van der Waals surface area contributed by atoms with Crippen molar-refractivity contribution in [2.75, 3.05) is 6.61 Å². The predicted molar refractivity (Wildman–Crippen MR) is 74.8 cm³/mol. The third kappa shape index (κ3) is 5.80. The van der Waals surface area contributed by atoms with E-state index in [0.717, 1.165) is 37.7 Å². The number of halogens is 1. The van der Waals surface area contributed by atoms with Crippen molar-refractivity contribution in [3.05, 3.63) is 11.6 Å². The highest BCUT2D eigenvalue weighted by Gasteiger charge is 2.20. The summed E-state index contributed by atoms with van der Waals surface area (Å²) in [5.74, 6) is 0.178. The average molecular weight is 317 g/mol. The lowest BCUT2D eigenvalue weighted by molar-refractivity contribution is -0.143. The quantitative estimate of drug-likeness (QED) is 0.391. The van der Waals surface area contributed by atoms with Gasteiger partial charge < -0.3 is 4.74 Å². The van der Waals surface area contributed by atoms with Crippen LogP contribution in [0.15, 0.2) is 11.6 Å². The van der Waals surface area contributed by atoms with Gasteiger partial charge in [0.2, 0.25) is 0 Å². The van der Waals surface area contributed by atoms with E-state index in [9.17, 15) is 9.59 Å². The van der Waals surface area contributed by atoms with Crippen LogP contribution in [0.3, 0.4) is 0 Å². The van der Waals surface area contributed by atoms with Crippen LogP contribution in [0.5, 0.6) is 0 Å². The number of ketones is 1. The smallest absolute Gasteiger partial charge is 0.305 e. The van der Waals surface area contributed by atoms with E-state index >= 15 is 0 Å². The molecule has 0 amide bonds. The highest BCUT2D eigenvalue weighted by atomic mass is 79.9. The highest BCUT2D eigenvalue weighted by Crippen LogP contribution is 2.25. The summed E-state index contributed by atoms with van der Waals surface area (Å²) >= 11 is 3.43. The molecule has 1 rings (SSSR count). The molecular weight excluding hydrogens is 296 g/mol. The van der Waals surface area contributed by atoms with Gasteiger partial charge in [0.25, 0.3) is 0 Å². The Labute approximate surface area is 117 Å². The molecule has 0 N–H and O–H groups in total. The van der Waals surface area contributed by atoms with Crippen molar-refractivity contribution in [3.8, 4) is 0 Å². The minimum atomic E-state index is -0.103. The van der Waals surface area contributed by atoms with Crippen LogP contribution >= 0.6 is 15.9 Å². The molecule has 0 aromatic rings. The van der Waals surface area contributed by atoms with Crippen LogP contribution in [0.25, 0.3) is 0 Å². The number of hydrogen-bond acceptors (Lipinski definition) is 3. The molecule has 0 aromatic carbocycles. The van der Waals surface area contributed by atoms with Crippen molar-refractivity contribution in [2.24, 2.45) is 0 Å². The number of alkyl halides is 1. The summed E-state index contributed by atoms with van der Waals surface area (Å²) in [5, 5.41) is 0. The van der Waals surface area contributed by atoms with Gasteiger partial charge in [-0.1, -0.05) is 34.8 Å². The number of esters is 1. The molecule has 0 unspecified atom stereocenters. The van der Waals surface area contributed by atoms with Crippen LogP contribution in [0.1, 0.15) is 51.9 Å². The van der Waals surface area contributed by atoms with Crippen molar-refractivity contribution in [1.82, 2.24) is 0 Å². The maximum atomic E-state index is 11.5. The summed E-state index contributed by atoms with van der Waals surface area (Å²) < 4.78 is 4.86. The Kier molecular flexibility index (Phi) is 7.25. The molecular formula is C14H21BrO3. The maximum Gasteiger partial charge on any atom is 0.305 e. The van der Waals surface area contributed by atoms with Crippen LogP contribution in [-0.2, 0) is 14.3 Å². The second-order valence-corrected chi connectivity index (χ2v) is 5.73. The predicted octanol–water partition coefficient (Wildman–Crippen LogP) is 3.55. The molecule has 4 heteroatoms. The lowest BCUT2D eigenvalue weighted by Gasteiger charge is -2.02. The number of allylic oxidation sites excluding steroid dienone is 2. The fourth-order valence-corrected chi connectivity index (χ4v) is 2.69. The van der Waals surface area contributed by atoms with Crippen molar-refractivity contribution < 1.29 is 14.3 Å². The molecule has 18 heavy (non-hydrogen) atoms. The zero-order chi connectivity index (χ0) is 13.4. The van der Waals surface area contributed by atoms with Gasteiger partial charge in [0.05, 0.1) is 6.61 Å². The van der Waals surface area contributed by atoms with Gasteiger partial charge in [-0.15, -0.1) is 0 Å². The van der Waals surface area contributed by atoms with E-state index in [1.165, 1.54) is 0 Å². The van der Waals surface area contributed by atoms with E-state index in [1.807, 2.05) is 13.0 Å². The number of carbonyl (C=O) groups is 2. The summed E-state index contributed by atoms with van der Waals surface area (Å²) in [6.07, 6.45) is 8.03. The third-order valence-corrected chi connectivity index (χ3v) is 3.59. The fraction of sp³-hybridized carbons (Fsp3) is 0.714. The minimum absolute atomic E-state index is 0.103. The number of hydrogen-bond donors (Lipinski definition) is 0. The van der Waals surface area contributed by atoms with Gasteiger partial charge >= 0.3 is 5.97 Å². The molecule has 0 saturated carbocycles. The normalized spacial score (nSPS) is 18.9. The van der Waals surface area contributed by atoms with Crippen molar-refractivity contribution in [2.45, 2.75) is 56.7 Å². The molecule has 1 aliphatic carbocycles. The van der Waals surface area contributed by atoms with Gasteiger partial charge in [-0.2, -0.15) is 0 Å². The molecule has 1 atom stereocenters. The Morgan fingerprint density at radius 3 is 2.72 bits per heavy atom. The van der Waals surface area contributed by atoms with Gasteiger partial charge in [0.1, 0.15) is 0 Å². The monoisotopic (exact) mass is 316 g/mol. The van der Waals surface area contributed by atoms with Crippen molar-refractivity contribution >= 4 is 27.7 Å². The lowest BCUT2D eigenvalue weighted by atomic mass is 10.0. The van der Waals surface area contributed by atoms with E-state index in [2.05, 4.69) is 15.9 Å². The summed E-state index contributed by atoms with van der Waals surface area (Å²) in [4.78, 5) is 22.8. The molecule has 1 aliphatic rings. The Balaban J connectivity index is 2.01. The maximum absolute atomic E-state index is 11.5. The first-order valence-electron chi connectivity index (χ1n) is 6.67. The fourth-order valence-electron chi connectivity index (χ4n) is 2.07. The zero-order valence-electron chi connectivity index (χ0n) is 10.9. The number of Topliss-reactive ketones (excluding diaryl/α,β-unsaturated/α-hetero) is 1. The lowest BCUT2D eigenvalue weighted by Crippen LogP contribution is -2.03. The second kappa shape index (κ2) is 8.46.